The summed E-state index contributed by atoms with van der Waals surface area (Å²) in [7, 11) is 0. The van der Waals surface area contributed by atoms with Gasteiger partial charge in [-0.15, -0.1) is 11.8 Å². The number of carbonyl (C=O) groups is 2. The molecule has 0 radical (unpaired) electrons. The molecule has 0 spiro atoms. The van der Waals surface area contributed by atoms with Gasteiger partial charge in [0.1, 0.15) is 16.5 Å². The summed E-state index contributed by atoms with van der Waals surface area (Å²) in [5, 5.41) is 19.3. The number of aliphatic hydroxyl groups excluding tert-OH is 1. The molecule has 0 aromatic rings. The lowest BCUT2D eigenvalue weighted by Gasteiger charge is -2.53. The van der Waals surface area contributed by atoms with Crippen molar-refractivity contribution in [2.45, 2.75) is 38.2 Å². The van der Waals surface area contributed by atoms with Gasteiger partial charge in [-0.25, -0.2) is 4.79 Å². The van der Waals surface area contributed by atoms with Gasteiger partial charge in [-0.05, 0) is 19.8 Å². The molecule has 0 aromatic heterocycles. The van der Waals surface area contributed by atoms with Crippen molar-refractivity contribution in [3.8, 4) is 0 Å². The molecular formula is C14H19NO5S. The highest BCUT2D eigenvalue weighted by Crippen LogP contribution is 2.60. The molecule has 0 bridgehead atoms. The zero-order chi connectivity index (χ0) is 15.4. The van der Waals surface area contributed by atoms with Crippen molar-refractivity contribution in [1.82, 2.24) is 4.90 Å². The second-order valence-corrected chi connectivity index (χ2v) is 6.92. The van der Waals surface area contributed by atoms with E-state index < -0.39 is 17.5 Å². The molecule has 4 atom stereocenters. The number of hydrogen-bond donors (Lipinski definition) is 2. The van der Waals surface area contributed by atoms with Crippen LogP contribution in [0.15, 0.2) is 10.6 Å². The Morgan fingerprint density at radius 3 is 2.81 bits per heavy atom. The fourth-order valence-electron chi connectivity index (χ4n) is 3.52. The van der Waals surface area contributed by atoms with Gasteiger partial charge in [0.2, 0.25) is 5.91 Å². The number of carbonyl (C=O) groups excluding carboxylic acids is 1. The highest BCUT2D eigenvalue weighted by molar-refractivity contribution is 8.04. The van der Waals surface area contributed by atoms with Crippen LogP contribution in [0.4, 0.5) is 0 Å². The van der Waals surface area contributed by atoms with Gasteiger partial charge in [-0.1, -0.05) is 6.92 Å². The molecule has 3 aliphatic rings. The van der Waals surface area contributed by atoms with Gasteiger partial charge in [0.05, 0.1) is 12.7 Å². The average Bonchev–Trinajstić information content (AvgIpc) is 3.04. The second-order valence-electron chi connectivity index (χ2n) is 5.79. The molecule has 0 aliphatic carbocycles. The van der Waals surface area contributed by atoms with Gasteiger partial charge < -0.3 is 14.9 Å². The summed E-state index contributed by atoms with van der Waals surface area (Å²) in [6, 6.07) is 0. The van der Waals surface area contributed by atoms with Crippen LogP contribution >= 0.6 is 11.8 Å². The van der Waals surface area contributed by atoms with E-state index >= 15 is 0 Å². The summed E-state index contributed by atoms with van der Waals surface area (Å²) in [6.07, 6.45) is 0.485. The Morgan fingerprint density at radius 2 is 2.33 bits per heavy atom. The smallest absolute Gasteiger partial charge is 0.353 e. The van der Waals surface area contributed by atoms with Crippen LogP contribution in [0, 0.1) is 11.3 Å². The number of amides is 1. The summed E-state index contributed by atoms with van der Waals surface area (Å²) in [6.45, 7) is 4.59. The number of nitrogens with zero attached hydrogens (tertiary/aromatic N) is 1. The van der Waals surface area contributed by atoms with Crippen LogP contribution in [-0.4, -0.2) is 51.7 Å². The van der Waals surface area contributed by atoms with Gasteiger partial charge in [0, 0.05) is 17.4 Å². The van der Waals surface area contributed by atoms with Gasteiger partial charge in [-0.3, -0.25) is 9.69 Å². The number of thioether (sulfide) groups is 1. The monoisotopic (exact) mass is 313 g/mol. The minimum Gasteiger partial charge on any atom is -0.477 e. The number of fused-ring (bicyclic) bond motifs is 1. The van der Waals surface area contributed by atoms with Crippen LogP contribution in [-0.2, 0) is 14.3 Å². The van der Waals surface area contributed by atoms with Crippen LogP contribution in [0.5, 0.6) is 0 Å². The summed E-state index contributed by atoms with van der Waals surface area (Å²) >= 11 is 1.42. The number of carboxylic acid groups (broad SMARTS) is 1. The molecule has 21 heavy (non-hydrogen) atoms. The van der Waals surface area contributed by atoms with Crippen molar-refractivity contribution < 1.29 is 24.5 Å². The molecule has 0 aromatic carbocycles. The zero-order valence-electron chi connectivity index (χ0n) is 12.0. The third-order valence-corrected chi connectivity index (χ3v) is 6.47. The Morgan fingerprint density at radius 1 is 1.62 bits per heavy atom. The van der Waals surface area contributed by atoms with E-state index in [1.807, 2.05) is 6.92 Å². The fraction of sp³-hybridized carbons (Fsp3) is 0.714. The number of aliphatic hydroxyl groups is 1. The first kappa shape index (κ1) is 14.9. The SMILES string of the molecule is CC[C@@]1([C@@H](C)O)C(=O)N2C(C(=O)O)=C(C3CCOC3)S[C@@H]21. The topological polar surface area (TPSA) is 87.1 Å². The average molecular weight is 313 g/mol. The van der Waals surface area contributed by atoms with Gasteiger partial charge in [-0.2, -0.15) is 0 Å². The van der Waals surface area contributed by atoms with E-state index in [-0.39, 0.29) is 22.9 Å². The molecule has 3 rings (SSSR count). The second kappa shape index (κ2) is 5.00. The largest absolute Gasteiger partial charge is 0.477 e. The van der Waals surface area contributed by atoms with Crippen molar-refractivity contribution in [2.24, 2.45) is 11.3 Å². The van der Waals surface area contributed by atoms with Crippen molar-refractivity contribution in [3.05, 3.63) is 10.6 Å². The molecule has 2 N–H and O–H groups in total. The molecule has 0 saturated carbocycles. The van der Waals surface area contributed by atoms with E-state index in [9.17, 15) is 19.8 Å². The molecule has 7 heteroatoms. The molecule has 3 aliphatic heterocycles. The number of aliphatic carboxylic acids is 1. The van der Waals surface area contributed by atoms with Crippen LogP contribution < -0.4 is 0 Å². The quantitative estimate of drug-likeness (QED) is 0.753. The molecule has 6 nitrogen and oxygen atoms in total. The van der Waals surface area contributed by atoms with Crippen LogP contribution in [0.25, 0.3) is 0 Å². The minimum atomic E-state index is -1.07. The van der Waals surface area contributed by atoms with E-state index in [0.29, 0.717) is 19.6 Å². The number of carboxylic acids is 1. The molecule has 1 amide bonds. The maximum absolute atomic E-state index is 12.5. The molecule has 1 unspecified atom stereocenters. The number of ether oxygens (including phenoxy) is 1. The Kier molecular flexibility index (Phi) is 3.54. The third-order valence-electron chi connectivity index (χ3n) is 4.84. The van der Waals surface area contributed by atoms with Crippen LogP contribution in [0.3, 0.4) is 0 Å². The van der Waals surface area contributed by atoms with E-state index in [0.717, 1.165) is 11.3 Å². The van der Waals surface area contributed by atoms with Gasteiger partial charge in [0.25, 0.3) is 0 Å². The predicted molar refractivity (Wildman–Crippen MR) is 76.2 cm³/mol. The molecular weight excluding hydrogens is 294 g/mol. The minimum absolute atomic E-state index is 0.0445. The normalized spacial score (nSPS) is 36.7. The summed E-state index contributed by atoms with van der Waals surface area (Å²) in [4.78, 5) is 26.2. The number of hydrogen-bond acceptors (Lipinski definition) is 5. The first-order valence-corrected chi connectivity index (χ1v) is 8.06. The lowest BCUT2D eigenvalue weighted by molar-refractivity contribution is -0.174. The lowest BCUT2D eigenvalue weighted by Crippen LogP contribution is -2.69. The third kappa shape index (κ3) is 1.80. The maximum Gasteiger partial charge on any atom is 0.353 e. The molecule has 116 valence electrons. The number of β-lactam (4-membered cyclic amide) rings is 1. The van der Waals surface area contributed by atoms with Crippen molar-refractivity contribution in [3.63, 3.8) is 0 Å². The highest BCUT2D eigenvalue weighted by atomic mass is 32.2. The van der Waals surface area contributed by atoms with Gasteiger partial charge in [0.15, 0.2) is 0 Å². The van der Waals surface area contributed by atoms with Gasteiger partial charge >= 0.3 is 5.97 Å². The highest BCUT2D eigenvalue weighted by Gasteiger charge is 2.67. The maximum atomic E-state index is 12.5. The first-order valence-electron chi connectivity index (χ1n) is 7.18. The van der Waals surface area contributed by atoms with Crippen molar-refractivity contribution in [2.75, 3.05) is 13.2 Å². The Labute approximate surface area is 127 Å². The Bertz CT molecular complexity index is 525. The zero-order valence-corrected chi connectivity index (χ0v) is 12.9. The standard InChI is InChI=1S/C14H19NO5S/c1-3-14(7(2)16)12(19)15-9(11(17)18)10(21-13(14)15)8-4-5-20-6-8/h7-8,13,16H,3-6H2,1-2H3,(H,17,18)/t7-,8?,13-,14-/m1/s1. The van der Waals surface area contributed by atoms with E-state index in [1.54, 1.807) is 6.92 Å². The predicted octanol–water partition coefficient (Wildman–Crippen LogP) is 1.01. The van der Waals surface area contributed by atoms with Crippen LogP contribution in [0.1, 0.15) is 26.7 Å². The Hall–Kier alpha value is -1.05. The van der Waals surface area contributed by atoms with Crippen LogP contribution in [0.2, 0.25) is 0 Å². The summed E-state index contributed by atoms with van der Waals surface area (Å²) in [5.74, 6) is -1.30. The number of rotatable bonds is 4. The lowest BCUT2D eigenvalue weighted by atomic mass is 9.71. The van der Waals surface area contributed by atoms with E-state index in [2.05, 4.69) is 0 Å². The molecule has 3 heterocycles. The summed E-state index contributed by atoms with van der Waals surface area (Å²) < 4.78 is 5.35. The van der Waals surface area contributed by atoms with E-state index in [1.165, 1.54) is 16.7 Å². The first-order chi connectivity index (χ1) is 9.95. The molecule has 2 saturated heterocycles. The fourth-order valence-corrected chi connectivity index (χ4v) is 5.42. The van der Waals surface area contributed by atoms with Crippen molar-refractivity contribution in [1.29, 1.82) is 0 Å². The van der Waals surface area contributed by atoms with E-state index in [4.69, 9.17) is 4.74 Å². The molecule has 2 fully saturated rings. The Balaban J connectivity index is 1.98. The van der Waals surface area contributed by atoms with Crippen molar-refractivity contribution >= 4 is 23.6 Å². The summed E-state index contributed by atoms with van der Waals surface area (Å²) in [5.41, 5.74) is -0.776.